The molecule has 18 heavy (non-hydrogen) atoms. The summed E-state index contributed by atoms with van der Waals surface area (Å²) in [5, 5.41) is 6.07. The Morgan fingerprint density at radius 3 is 2.17 bits per heavy atom. The van der Waals surface area contributed by atoms with E-state index in [2.05, 4.69) is 37.9 Å². The molecule has 0 unspecified atom stereocenters. The monoisotopic (exact) mass is 251 g/mol. The number of amides is 1. The Morgan fingerprint density at radius 2 is 1.78 bits per heavy atom. The lowest BCUT2D eigenvalue weighted by Gasteiger charge is -2.25. The molecule has 1 aromatic heterocycles. The lowest BCUT2D eigenvalue weighted by molar-refractivity contribution is 0.0708. The maximum absolute atomic E-state index is 12.3. The Labute approximate surface area is 107 Å². The molecule has 0 aliphatic rings. The van der Waals surface area contributed by atoms with E-state index in [1.54, 1.807) is 4.90 Å². The van der Waals surface area contributed by atoms with Crippen molar-refractivity contribution < 1.29 is 4.79 Å². The fraction of sp³-hybridized carbons (Fsp3) is 0.615. The zero-order valence-corrected chi connectivity index (χ0v) is 11.4. The number of aromatic amines is 1. The van der Waals surface area contributed by atoms with Gasteiger partial charge in [-0.25, -0.2) is 5.10 Å². The number of rotatable bonds is 5. The number of nitrogens with one attached hydrogen (secondary N) is 1. The number of H-pyrrole nitrogens is 1. The summed E-state index contributed by atoms with van der Waals surface area (Å²) < 4.78 is 0. The summed E-state index contributed by atoms with van der Waals surface area (Å²) in [6.07, 6.45) is 0. The quantitative estimate of drug-likeness (QED) is 0.863. The first-order chi connectivity index (χ1) is 8.40. The minimum Gasteiger partial charge on any atom is -0.337 e. The van der Waals surface area contributed by atoms with Crippen molar-refractivity contribution in [3.05, 3.63) is 28.2 Å². The van der Waals surface area contributed by atoms with Gasteiger partial charge in [-0.15, -0.1) is 0 Å². The fourth-order valence-electron chi connectivity index (χ4n) is 1.75. The van der Waals surface area contributed by atoms with Crippen LogP contribution in [-0.4, -0.2) is 34.1 Å². The predicted molar refractivity (Wildman–Crippen MR) is 70.4 cm³/mol. The van der Waals surface area contributed by atoms with E-state index in [0.717, 1.165) is 0 Å². The van der Waals surface area contributed by atoms with Crippen molar-refractivity contribution in [3.63, 3.8) is 0 Å². The van der Waals surface area contributed by atoms with Crippen LogP contribution in [0.2, 0.25) is 0 Å². The van der Waals surface area contributed by atoms with Crippen molar-refractivity contribution in [2.75, 3.05) is 13.1 Å². The van der Waals surface area contributed by atoms with Gasteiger partial charge in [-0.2, -0.15) is 5.10 Å². The van der Waals surface area contributed by atoms with Crippen LogP contribution in [0, 0.1) is 11.8 Å². The Balaban J connectivity index is 2.87. The van der Waals surface area contributed by atoms with Crippen molar-refractivity contribution in [2.45, 2.75) is 27.7 Å². The molecule has 1 heterocycles. The summed E-state index contributed by atoms with van der Waals surface area (Å²) in [5.74, 6) is 0.666. The highest BCUT2D eigenvalue weighted by molar-refractivity contribution is 5.92. The van der Waals surface area contributed by atoms with Crippen LogP contribution in [-0.2, 0) is 0 Å². The molecule has 0 atom stereocenters. The molecule has 1 aromatic rings. The predicted octanol–water partition coefficient (Wildman–Crippen LogP) is 1.52. The van der Waals surface area contributed by atoms with Crippen molar-refractivity contribution in [2.24, 2.45) is 11.8 Å². The molecule has 0 aliphatic carbocycles. The smallest absolute Gasteiger partial charge is 0.274 e. The number of carbonyl (C=O) groups excluding carboxylic acids is 1. The Bertz CT molecular complexity index is 421. The first kappa shape index (κ1) is 14.4. The third-order valence-corrected chi connectivity index (χ3v) is 2.36. The van der Waals surface area contributed by atoms with Crippen molar-refractivity contribution in [1.82, 2.24) is 15.1 Å². The molecule has 0 aliphatic heterocycles. The van der Waals surface area contributed by atoms with Gasteiger partial charge in [0.15, 0.2) is 0 Å². The Morgan fingerprint density at radius 1 is 1.22 bits per heavy atom. The van der Waals surface area contributed by atoms with Gasteiger partial charge in [0.25, 0.3) is 11.5 Å². The molecule has 0 saturated carbocycles. The highest BCUT2D eigenvalue weighted by Gasteiger charge is 2.19. The van der Waals surface area contributed by atoms with Crippen LogP contribution >= 0.6 is 0 Å². The number of hydrogen-bond acceptors (Lipinski definition) is 3. The SMILES string of the molecule is CC(C)CN(CC(C)C)C(=O)c1ccc(=O)[nH]n1. The summed E-state index contributed by atoms with van der Waals surface area (Å²) in [4.78, 5) is 25.0. The van der Waals surface area contributed by atoms with Crippen molar-refractivity contribution >= 4 is 5.91 Å². The number of aromatic nitrogens is 2. The molecule has 0 bridgehead atoms. The van der Waals surface area contributed by atoms with Crippen LogP contribution in [0.5, 0.6) is 0 Å². The maximum atomic E-state index is 12.3. The fourth-order valence-corrected chi connectivity index (χ4v) is 1.75. The maximum Gasteiger partial charge on any atom is 0.274 e. The Kier molecular flexibility index (Phi) is 5.07. The molecule has 1 amide bonds. The van der Waals surface area contributed by atoms with Crippen LogP contribution in [0.3, 0.4) is 0 Å². The highest BCUT2D eigenvalue weighted by Crippen LogP contribution is 2.07. The number of nitrogens with zero attached hydrogens (tertiary/aromatic N) is 2. The van der Waals surface area contributed by atoms with Crippen molar-refractivity contribution in [1.29, 1.82) is 0 Å². The third kappa shape index (κ3) is 4.31. The summed E-state index contributed by atoms with van der Waals surface area (Å²) in [7, 11) is 0. The van der Waals surface area contributed by atoms with Gasteiger partial charge >= 0.3 is 0 Å². The molecular weight excluding hydrogens is 230 g/mol. The highest BCUT2D eigenvalue weighted by atomic mass is 16.2. The van der Waals surface area contributed by atoms with E-state index < -0.39 is 0 Å². The van der Waals surface area contributed by atoms with Gasteiger partial charge in [0.2, 0.25) is 0 Å². The van der Waals surface area contributed by atoms with Gasteiger partial charge in [0.05, 0.1) is 0 Å². The molecular formula is C13H21N3O2. The molecule has 0 aromatic carbocycles. The lowest BCUT2D eigenvalue weighted by atomic mass is 10.1. The second kappa shape index (κ2) is 6.33. The summed E-state index contributed by atoms with van der Waals surface area (Å²) in [6, 6.07) is 2.79. The molecule has 0 fully saturated rings. The van der Waals surface area contributed by atoms with Crippen LogP contribution in [0.1, 0.15) is 38.2 Å². The summed E-state index contributed by atoms with van der Waals surface area (Å²) >= 11 is 0. The average molecular weight is 251 g/mol. The Hall–Kier alpha value is -1.65. The number of carbonyl (C=O) groups is 1. The average Bonchev–Trinajstić information content (AvgIpc) is 2.27. The van der Waals surface area contributed by atoms with Gasteiger partial charge in [-0.1, -0.05) is 27.7 Å². The molecule has 1 rings (SSSR count). The molecule has 100 valence electrons. The molecule has 1 N–H and O–H groups in total. The van der Waals surface area contributed by atoms with Crippen molar-refractivity contribution in [3.8, 4) is 0 Å². The lowest BCUT2D eigenvalue weighted by Crippen LogP contribution is -2.37. The summed E-state index contributed by atoms with van der Waals surface area (Å²) in [6.45, 7) is 9.67. The largest absolute Gasteiger partial charge is 0.337 e. The van der Waals surface area contributed by atoms with E-state index in [9.17, 15) is 9.59 Å². The molecule has 5 heteroatoms. The zero-order chi connectivity index (χ0) is 13.7. The molecule has 0 spiro atoms. The van der Waals surface area contributed by atoms with E-state index in [0.29, 0.717) is 24.9 Å². The van der Waals surface area contributed by atoms with Gasteiger partial charge in [0, 0.05) is 19.2 Å². The standard InChI is InChI=1S/C13H21N3O2/c1-9(2)7-16(8-10(3)4)13(18)11-5-6-12(17)15-14-11/h5-6,9-10H,7-8H2,1-4H3,(H,15,17). The second-order valence-corrected chi connectivity index (χ2v) is 5.30. The van der Waals surface area contributed by atoms with Crippen LogP contribution in [0.25, 0.3) is 0 Å². The first-order valence-electron chi connectivity index (χ1n) is 6.25. The topological polar surface area (TPSA) is 66.1 Å². The van der Waals surface area contributed by atoms with Gasteiger partial charge < -0.3 is 4.90 Å². The second-order valence-electron chi connectivity index (χ2n) is 5.30. The number of hydrogen-bond donors (Lipinski definition) is 1. The minimum absolute atomic E-state index is 0.131. The molecule has 5 nitrogen and oxygen atoms in total. The van der Waals surface area contributed by atoms with E-state index in [1.807, 2.05) is 0 Å². The molecule has 0 radical (unpaired) electrons. The van der Waals surface area contributed by atoms with Gasteiger partial charge in [-0.05, 0) is 17.9 Å². The normalized spacial score (nSPS) is 11.0. The first-order valence-corrected chi connectivity index (χ1v) is 6.25. The van der Waals surface area contributed by atoms with Gasteiger partial charge in [0.1, 0.15) is 5.69 Å². The van der Waals surface area contributed by atoms with E-state index in [1.165, 1.54) is 12.1 Å². The minimum atomic E-state index is -0.300. The van der Waals surface area contributed by atoms with Crippen LogP contribution in [0.15, 0.2) is 16.9 Å². The third-order valence-electron chi connectivity index (χ3n) is 2.36. The van der Waals surface area contributed by atoms with Crippen LogP contribution in [0.4, 0.5) is 0 Å². The van der Waals surface area contributed by atoms with E-state index >= 15 is 0 Å². The van der Waals surface area contributed by atoms with E-state index in [4.69, 9.17) is 0 Å². The van der Waals surface area contributed by atoms with E-state index in [-0.39, 0.29) is 17.2 Å². The van der Waals surface area contributed by atoms with Gasteiger partial charge in [-0.3, -0.25) is 9.59 Å². The zero-order valence-electron chi connectivity index (χ0n) is 11.4. The summed E-state index contributed by atoms with van der Waals surface area (Å²) in [5.41, 5.74) is -0.0123. The van der Waals surface area contributed by atoms with Crippen LogP contribution < -0.4 is 5.56 Å². The molecule has 0 saturated heterocycles.